The minimum Gasteiger partial charge on any atom is -0.480 e. The lowest BCUT2D eigenvalue weighted by atomic mass is 10.1. The van der Waals surface area contributed by atoms with Crippen molar-refractivity contribution in [1.82, 2.24) is 4.90 Å². The fraction of sp³-hybridized carbons (Fsp3) is 0.333. The summed E-state index contributed by atoms with van der Waals surface area (Å²) in [5.41, 5.74) is -0.677. The van der Waals surface area contributed by atoms with Gasteiger partial charge in [-0.2, -0.15) is 0 Å². The lowest BCUT2D eigenvalue weighted by Gasteiger charge is -2.31. The van der Waals surface area contributed by atoms with Crippen molar-refractivity contribution >= 4 is 56.2 Å². The van der Waals surface area contributed by atoms with Gasteiger partial charge in [0.2, 0.25) is 0 Å². The molecule has 0 aliphatic heterocycles. The Morgan fingerprint density at radius 1 is 1.42 bits per heavy atom. The number of hydrogen-bond donors (Lipinski definition) is 2. The van der Waals surface area contributed by atoms with Crippen LogP contribution in [-0.2, 0) is 4.79 Å². The molecule has 0 radical (unpaired) electrons. The van der Waals surface area contributed by atoms with Crippen LogP contribution in [-0.4, -0.2) is 34.6 Å². The Morgan fingerprint density at radius 2 is 2.00 bits per heavy atom. The van der Waals surface area contributed by atoms with Crippen molar-refractivity contribution in [2.75, 3.05) is 12.4 Å². The monoisotopic (exact) mass is 440 g/mol. The molecule has 0 saturated heterocycles. The molecule has 1 aromatic carbocycles. The number of urea groups is 1. The number of carbonyl (C=O) groups is 2. The van der Waals surface area contributed by atoms with Crippen LogP contribution in [0, 0.1) is 3.57 Å². The Balaban J connectivity index is 2.91. The summed E-state index contributed by atoms with van der Waals surface area (Å²) in [5, 5.41) is 11.8. The predicted octanol–water partition coefficient (Wildman–Crippen LogP) is 3.38. The summed E-state index contributed by atoms with van der Waals surface area (Å²) in [5.74, 6) is -1.06. The first kappa shape index (κ1) is 16.2. The largest absolute Gasteiger partial charge is 0.480 e. The third-order valence-corrected chi connectivity index (χ3v) is 4.20. The van der Waals surface area contributed by atoms with Gasteiger partial charge in [0.1, 0.15) is 5.54 Å². The van der Waals surface area contributed by atoms with E-state index >= 15 is 0 Å². The number of rotatable bonds is 3. The molecule has 0 atom stereocenters. The summed E-state index contributed by atoms with van der Waals surface area (Å²) in [7, 11) is 1.45. The number of carboxylic acids is 1. The van der Waals surface area contributed by atoms with Crippen molar-refractivity contribution in [1.29, 1.82) is 0 Å². The molecule has 1 rings (SSSR count). The summed E-state index contributed by atoms with van der Waals surface area (Å²) in [6, 6.07) is 5.03. The Hall–Kier alpha value is -0.830. The number of amides is 2. The van der Waals surface area contributed by atoms with Crippen molar-refractivity contribution < 1.29 is 14.7 Å². The first-order chi connectivity index (χ1) is 8.66. The molecule has 2 N–H and O–H groups in total. The fourth-order valence-electron chi connectivity index (χ4n) is 1.19. The van der Waals surface area contributed by atoms with Crippen molar-refractivity contribution in [2.45, 2.75) is 19.4 Å². The van der Waals surface area contributed by atoms with E-state index in [2.05, 4.69) is 43.8 Å². The number of nitrogens with zero attached hydrogens (tertiary/aromatic N) is 1. The van der Waals surface area contributed by atoms with Crippen molar-refractivity contribution in [3.8, 4) is 0 Å². The number of carboxylic acid groups (broad SMARTS) is 1. The van der Waals surface area contributed by atoms with Gasteiger partial charge >= 0.3 is 12.0 Å². The van der Waals surface area contributed by atoms with E-state index in [1.807, 2.05) is 12.1 Å². The van der Waals surface area contributed by atoms with Crippen LogP contribution in [0.3, 0.4) is 0 Å². The first-order valence-electron chi connectivity index (χ1n) is 5.39. The first-order valence-corrected chi connectivity index (χ1v) is 7.26. The molecule has 0 saturated carbocycles. The van der Waals surface area contributed by atoms with Gasteiger partial charge in [0.15, 0.2) is 0 Å². The predicted molar refractivity (Wildman–Crippen MR) is 85.4 cm³/mol. The highest BCUT2D eigenvalue weighted by atomic mass is 127. The van der Waals surface area contributed by atoms with Crippen LogP contribution in [0.1, 0.15) is 13.8 Å². The Labute approximate surface area is 133 Å². The quantitative estimate of drug-likeness (QED) is 0.708. The molecule has 5 nitrogen and oxygen atoms in total. The molecule has 104 valence electrons. The normalized spacial score (nSPS) is 11.0. The lowest BCUT2D eigenvalue weighted by molar-refractivity contribution is -0.146. The zero-order chi connectivity index (χ0) is 14.8. The van der Waals surface area contributed by atoms with Crippen LogP contribution in [0.5, 0.6) is 0 Å². The van der Waals surface area contributed by atoms with Crippen LogP contribution in [0.4, 0.5) is 10.5 Å². The average Bonchev–Trinajstić information content (AvgIpc) is 2.32. The van der Waals surface area contributed by atoms with Gasteiger partial charge in [0, 0.05) is 15.1 Å². The van der Waals surface area contributed by atoms with Gasteiger partial charge in [-0.25, -0.2) is 9.59 Å². The minimum absolute atomic E-state index is 0.477. The highest BCUT2D eigenvalue weighted by Crippen LogP contribution is 2.25. The van der Waals surface area contributed by atoms with Gasteiger partial charge in [0.25, 0.3) is 0 Å². The molecule has 0 aliphatic carbocycles. The number of nitrogens with one attached hydrogen (secondary N) is 1. The van der Waals surface area contributed by atoms with E-state index in [-0.39, 0.29) is 0 Å². The third-order valence-electron chi connectivity index (χ3n) is 2.84. The van der Waals surface area contributed by atoms with Gasteiger partial charge in [-0.15, -0.1) is 0 Å². The van der Waals surface area contributed by atoms with E-state index in [9.17, 15) is 9.59 Å². The van der Waals surface area contributed by atoms with Gasteiger partial charge in [-0.05, 0) is 70.6 Å². The van der Waals surface area contributed by atoms with E-state index in [4.69, 9.17) is 5.11 Å². The molecule has 1 aromatic rings. The van der Waals surface area contributed by atoms with E-state index in [0.717, 1.165) is 12.9 Å². The maximum Gasteiger partial charge on any atom is 0.329 e. The van der Waals surface area contributed by atoms with Gasteiger partial charge < -0.3 is 15.3 Å². The van der Waals surface area contributed by atoms with Crippen molar-refractivity contribution in [3.05, 3.63) is 26.2 Å². The summed E-state index contributed by atoms with van der Waals surface area (Å²) < 4.78 is 1.71. The third kappa shape index (κ3) is 3.82. The molecule has 2 amide bonds. The summed E-state index contributed by atoms with van der Waals surface area (Å²) in [6.45, 7) is 2.94. The van der Waals surface area contributed by atoms with Crippen LogP contribution in [0.15, 0.2) is 22.7 Å². The highest BCUT2D eigenvalue weighted by Gasteiger charge is 2.35. The van der Waals surface area contributed by atoms with Crippen LogP contribution < -0.4 is 5.32 Å². The summed E-state index contributed by atoms with van der Waals surface area (Å²) in [6.07, 6.45) is 0. The zero-order valence-electron chi connectivity index (χ0n) is 10.7. The smallest absolute Gasteiger partial charge is 0.329 e. The summed E-state index contributed by atoms with van der Waals surface area (Å²) >= 11 is 5.47. The molecule has 7 heteroatoms. The van der Waals surface area contributed by atoms with Crippen molar-refractivity contribution in [3.63, 3.8) is 0 Å². The van der Waals surface area contributed by atoms with E-state index in [0.29, 0.717) is 5.69 Å². The van der Waals surface area contributed by atoms with Gasteiger partial charge in [-0.1, -0.05) is 0 Å². The number of carbonyl (C=O) groups excluding carboxylic acids is 1. The van der Waals surface area contributed by atoms with Gasteiger partial charge in [-0.3, -0.25) is 0 Å². The van der Waals surface area contributed by atoms with Crippen LogP contribution in [0.2, 0.25) is 0 Å². The van der Waals surface area contributed by atoms with E-state index in [1.54, 1.807) is 6.07 Å². The maximum atomic E-state index is 12.1. The summed E-state index contributed by atoms with van der Waals surface area (Å²) in [4.78, 5) is 24.3. The molecular formula is C12H14BrIN2O3. The number of hydrogen-bond acceptors (Lipinski definition) is 2. The van der Waals surface area contributed by atoms with Gasteiger partial charge in [0.05, 0.1) is 5.69 Å². The lowest BCUT2D eigenvalue weighted by Crippen LogP contribution is -2.52. The Bertz CT molecular complexity index is 520. The molecule has 0 aliphatic rings. The second kappa shape index (κ2) is 6.08. The molecular weight excluding hydrogens is 427 g/mol. The van der Waals surface area contributed by atoms with Crippen LogP contribution in [0.25, 0.3) is 0 Å². The average molecular weight is 441 g/mol. The molecule has 0 heterocycles. The zero-order valence-corrected chi connectivity index (χ0v) is 14.4. The Morgan fingerprint density at radius 3 is 2.53 bits per heavy atom. The van der Waals surface area contributed by atoms with Crippen molar-refractivity contribution in [2.24, 2.45) is 0 Å². The number of benzene rings is 1. The van der Waals surface area contributed by atoms with E-state index < -0.39 is 17.5 Å². The number of halogens is 2. The van der Waals surface area contributed by atoms with E-state index in [1.165, 1.54) is 20.9 Å². The molecule has 0 spiro atoms. The van der Waals surface area contributed by atoms with Crippen LogP contribution >= 0.6 is 38.5 Å². The highest BCUT2D eigenvalue weighted by molar-refractivity contribution is 14.1. The number of aliphatic carboxylic acids is 1. The fourth-order valence-corrected chi connectivity index (χ4v) is 2.03. The second-order valence-electron chi connectivity index (χ2n) is 4.48. The topological polar surface area (TPSA) is 69.6 Å². The molecule has 0 aromatic heterocycles. The SMILES string of the molecule is CN(C(=O)Nc1cc(I)ccc1Br)C(C)(C)C(=O)O. The molecule has 0 fully saturated rings. The standard InChI is InChI=1S/C12H14BrIN2O3/c1-12(2,10(17)18)16(3)11(19)15-9-6-7(14)4-5-8(9)13/h4-6H,1-3H3,(H,15,19)(H,17,18). The molecule has 0 bridgehead atoms. The number of anilines is 1. The molecule has 0 unspecified atom stereocenters. The second-order valence-corrected chi connectivity index (χ2v) is 6.58. The number of likely N-dealkylation sites (N-methyl/N-ethyl adjacent to an activating group) is 1. The maximum absolute atomic E-state index is 12.1. The molecule has 19 heavy (non-hydrogen) atoms. The Kier molecular flexibility index (Phi) is 5.19. The minimum atomic E-state index is -1.28.